The summed E-state index contributed by atoms with van der Waals surface area (Å²) in [6.45, 7) is 3.88. The van der Waals surface area contributed by atoms with Gasteiger partial charge in [-0.3, -0.25) is 19.2 Å². The summed E-state index contributed by atoms with van der Waals surface area (Å²) in [7, 11) is 2.33. The molecule has 1 aliphatic carbocycles. The lowest BCUT2D eigenvalue weighted by atomic mass is 9.79. The van der Waals surface area contributed by atoms with Gasteiger partial charge in [0.25, 0.3) is 0 Å². The summed E-state index contributed by atoms with van der Waals surface area (Å²) in [6, 6.07) is 1.83. The number of esters is 2. The minimum atomic E-state index is -1.40. The van der Waals surface area contributed by atoms with Crippen molar-refractivity contribution in [3.8, 4) is 0 Å². The highest BCUT2D eigenvalue weighted by Gasteiger charge is 2.40. The van der Waals surface area contributed by atoms with Gasteiger partial charge in [0.2, 0.25) is 0 Å². The molecule has 0 saturated heterocycles. The van der Waals surface area contributed by atoms with Crippen molar-refractivity contribution in [2.24, 2.45) is 5.92 Å². The van der Waals surface area contributed by atoms with E-state index in [2.05, 4.69) is 0 Å². The predicted octanol–water partition coefficient (Wildman–Crippen LogP) is 3.54. The number of allylic oxidation sites excluding steroid dienone is 1. The number of carbonyl (C=O) groups is 4. The number of thioether (sulfide) groups is 1. The Morgan fingerprint density at radius 2 is 1.67 bits per heavy atom. The molecule has 1 heterocycles. The van der Waals surface area contributed by atoms with Crippen molar-refractivity contribution in [1.82, 2.24) is 0 Å². The van der Waals surface area contributed by atoms with Gasteiger partial charge < -0.3 is 9.47 Å². The molecule has 3 rings (SSSR count). The quantitative estimate of drug-likeness (QED) is 0.306. The van der Waals surface area contributed by atoms with Crippen molar-refractivity contribution in [2.45, 2.75) is 50.8 Å². The van der Waals surface area contributed by atoms with Crippen molar-refractivity contribution in [3.63, 3.8) is 0 Å². The van der Waals surface area contributed by atoms with Gasteiger partial charge in [-0.15, -0.1) is 11.8 Å². The molecule has 0 fully saturated rings. The standard InChI is InChI=1S/C23H26O6S/c1-12-11-16(13(2)14-8-6-10-30-21(12)14)20(25)18-15(7-5-9-17(18)24)19(22(26)28-3)23(27)29-4/h11,19H,5-10H2,1-4H3. The highest BCUT2D eigenvalue weighted by molar-refractivity contribution is 7.99. The first-order chi connectivity index (χ1) is 14.3. The van der Waals surface area contributed by atoms with Gasteiger partial charge in [-0.2, -0.15) is 0 Å². The van der Waals surface area contributed by atoms with Crippen LogP contribution in [0.3, 0.4) is 0 Å². The number of hydrogen-bond donors (Lipinski definition) is 0. The molecule has 2 aliphatic rings. The summed E-state index contributed by atoms with van der Waals surface area (Å²) in [5.41, 5.74) is 3.63. The van der Waals surface area contributed by atoms with Gasteiger partial charge in [0.05, 0.1) is 19.8 Å². The second-order valence-electron chi connectivity index (χ2n) is 7.61. The number of aryl methyl sites for hydroxylation is 1. The summed E-state index contributed by atoms with van der Waals surface area (Å²) < 4.78 is 9.55. The maximum atomic E-state index is 13.6. The van der Waals surface area contributed by atoms with Gasteiger partial charge in [0.15, 0.2) is 17.5 Å². The lowest BCUT2D eigenvalue weighted by Gasteiger charge is -2.25. The van der Waals surface area contributed by atoms with Crippen molar-refractivity contribution in [1.29, 1.82) is 0 Å². The van der Waals surface area contributed by atoms with Gasteiger partial charge in [-0.25, -0.2) is 0 Å². The fraction of sp³-hybridized carbons (Fsp3) is 0.478. The van der Waals surface area contributed by atoms with Gasteiger partial charge in [0.1, 0.15) is 0 Å². The summed E-state index contributed by atoms with van der Waals surface area (Å²) in [5.74, 6) is -2.78. The number of fused-ring (bicyclic) bond motifs is 1. The smallest absolute Gasteiger partial charge is 0.324 e. The number of ether oxygens (including phenoxy) is 2. The average Bonchev–Trinajstić information content (AvgIpc) is 2.75. The zero-order chi connectivity index (χ0) is 22.0. The molecule has 0 N–H and O–H groups in total. The Morgan fingerprint density at radius 3 is 2.30 bits per heavy atom. The second kappa shape index (κ2) is 9.16. The molecule has 1 aromatic rings. The van der Waals surface area contributed by atoms with E-state index >= 15 is 0 Å². The van der Waals surface area contributed by atoms with Crippen molar-refractivity contribution in [2.75, 3.05) is 20.0 Å². The lowest BCUT2D eigenvalue weighted by Crippen LogP contribution is -2.33. The Morgan fingerprint density at radius 1 is 1.00 bits per heavy atom. The number of benzene rings is 1. The molecule has 1 aliphatic heterocycles. The van der Waals surface area contributed by atoms with Crippen LogP contribution in [0.1, 0.15) is 52.7 Å². The Balaban J connectivity index is 2.18. The van der Waals surface area contributed by atoms with E-state index in [0.29, 0.717) is 18.4 Å². The molecule has 0 saturated carbocycles. The molecule has 0 unspecified atom stereocenters. The SMILES string of the molecule is COC(=O)C(C(=O)OC)C1=C(C(=O)c2cc(C)c3c(c2C)CCCS3)C(=O)CCC1. The molecule has 0 atom stereocenters. The molecule has 6 nitrogen and oxygen atoms in total. The van der Waals surface area contributed by atoms with Gasteiger partial charge >= 0.3 is 11.9 Å². The molecular weight excluding hydrogens is 404 g/mol. The third-order valence-corrected chi connectivity index (χ3v) is 7.16. The Kier molecular flexibility index (Phi) is 6.81. The summed E-state index contributed by atoms with van der Waals surface area (Å²) >= 11 is 1.79. The molecule has 7 heteroatoms. The Bertz CT molecular complexity index is 943. The van der Waals surface area contributed by atoms with Crippen molar-refractivity contribution < 1.29 is 28.7 Å². The predicted molar refractivity (Wildman–Crippen MR) is 113 cm³/mol. The number of Topliss-reactive ketones (excluding diaryl/α,β-unsaturated/α-hetero) is 2. The van der Waals surface area contributed by atoms with Crippen LogP contribution in [0, 0.1) is 19.8 Å². The van der Waals surface area contributed by atoms with E-state index in [1.165, 1.54) is 19.1 Å². The van der Waals surface area contributed by atoms with Crippen molar-refractivity contribution in [3.05, 3.63) is 39.5 Å². The molecule has 1 aromatic carbocycles. The number of hydrogen-bond acceptors (Lipinski definition) is 7. The van der Waals surface area contributed by atoms with Crippen LogP contribution in [0.4, 0.5) is 0 Å². The van der Waals surface area contributed by atoms with Crippen LogP contribution >= 0.6 is 11.8 Å². The van der Waals surface area contributed by atoms with Gasteiger partial charge in [-0.1, -0.05) is 0 Å². The number of methoxy groups -OCH3 is 2. The van der Waals surface area contributed by atoms with E-state index < -0.39 is 23.6 Å². The molecule has 0 bridgehead atoms. The first-order valence-corrected chi connectivity index (χ1v) is 11.0. The molecule has 0 spiro atoms. The lowest BCUT2D eigenvalue weighted by molar-refractivity contribution is -0.156. The van der Waals surface area contributed by atoms with Crippen molar-refractivity contribution >= 4 is 35.3 Å². The van der Waals surface area contributed by atoms with E-state index in [-0.39, 0.29) is 23.4 Å². The highest BCUT2D eigenvalue weighted by atomic mass is 32.2. The Labute approximate surface area is 180 Å². The molecule has 160 valence electrons. The highest BCUT2D eigenvalue weighted by Crippen LogP contribution is 2.38. The zero-order valence-electron chi connectivity index (χ0n) is 17.8. The molecule has 0 aromatic heterocycles. The normalized spacial score (nSPS) is 16.4. The monoisotopic (exact) mass is 430 g/mol. The van der Waals surface area contributed by atoms with Crippen LogP contribution in [0.15, 0.2) is 22.1 Å². The fourth-order valence-corrected chi connectivity index (χ4v) is 5.51. The van der Waals surface area contributed by atoms with Crippen LogP contribution in [0.5, 0.6) is 0 Å². The van der Waals surface area contributed by atoms with Crippen LogP contribution < -0.4 is 0 Å². The third kappa shape index (κ3) is 3.95. The summed E-state index contributed by atoms with van der Waals surface area (Å²) in [6.07, 6.45) is 2.89. The van der Waals surface area contributed by atoms with Gasteiger partial charge in [-0.05, 0) is 73.6 Å². The van der Waals surface area contributed by atoms with Gasteiger partial charge in [0, 0.05) is 16.9 Å². The van der Waals surface area contributed by atoms with Crippen LogP contribution in [-0.2, 0) is 30.3 Å². The maximum Gasteiger partial charge on any atom is 0.324 e. The minimum Gasteiger partial charge on any atom is -0.468 e. The summed E-state index contributed by atoms with van der Waals surface area (Å²) in [5, 5.41) is 0. The zero-order valence-corrected chi connectivity index (χ0v) is 18.6. The first-order valence-electron chi connectivity index (χ1n) is 10.0. The number of rotatable bonds is 5. The topological polar surface area (TPSA) is 86.7 Å². The molecule has 0 radical (unpaired) electrons. The number of ketones is 2. The van der Waals surface area contributed by atoms with Crippen LogP contribution in [-0.4, -0.2) is 43.5 Å². The largest absolute Gasteiger partial charge is 0.468 e. The summed E-state index contributed by atoms with van der Waals surface area (Å²) in [4.78, 5) is 52.4. The molecular formula is C23H26O6S. The van der Waals surface area contributed by atoms with E-state index in [0.717, 1.165) is 35.3 Å². The van der Waals surface area contributed by atoms with E-state index in [4.69, 9.17) is 9.47 Å². The Hall–Kier alpha value is -2.41. The van der Waals surface area contributed by atoms with Crippen LogP contribution in [0.2, 0.25) is 0 Å². The van der Waals surface area contributed by atoms with E-state index in [1.54, 1.807) is 11.8 Å². The average molecular weight is 431 g/mol. The first kappa shape index (κ1) is 22.3. The van der Waals surface area contributed by atoms with E-state index in [1.807, 2.05) is 19.9 Å². The molecule has 0 amide bonds. The third-order valence-electron chi connectivity index (χ3n) is 5.81. The molecule has 30 heavy (non-hydrogen) atoms. The van der Waals surface area contributed by atoms with Crippen LogP contribution in [0.25, 0.3) is 0 Å². The fourth-order valence-electron chi connectivity index (χ4n) is 4.30. The minimum absolute atomic E-state index is 0.0621. The second-order valence-corrected chi connectivity index (χ2v) is 8.72. The van der Waals surface area contributed by atoms with E-state index in [9.17, 15) is 19.2 Å². The maximum absolute atomic E-state index is 13.6. The number of carbonyl (C=O) groups excluding carboxylic acids is 4.